The predicted molar refractivity (Wildman–Crippen MR) is 124 cm³/mol. The average molecular weight is 451 g/mol. The largest absolute Gasteiger partial charge is 0.481 e. The minimum atomic E-state index is -0.919. The van der Waals surface area contributed by atoms with Crippen molar-refractivity contribution in [2.75, 3.05) is 13.2 Å². The molecule has 0 aliphatic heterocycles. The Morgan fingerprint density at radius 3 is 2.18 bits per heavy atom. The van der Waals surface area contributed by atoms with E-state index < -0.39 is 12.1 Å². The lowest BCUT2D eigenvalue weighted by Gasteiger charge is -2.39. The Morgan fingerprint density at radius 2 is 1.64 bits per heavy atom. The first kappa shape index (κ1) is 22.8. The van der Waals surface area contributed by atoms with Crippen LogP contribution in [0.4, 0.5) is 4.79 Å². The maximum atomic E-state index is 12.7. The van der Waals surface area contributed by atoms with E-state index in [0.717, 1.165) is 11.1 Å². The van der Waals surface area contributed by atoms with Gasteiger partial charge in [0.2, 0.25) is 5.91 Å². The van der Waals surface area contributed by atoms with E-state index in [-0.39, 0.29) is 42.9 Å². The smallest absolute Gasteiger partial charge is 0.407 e. The number of benzene rings is 2. The third-order valence-electron chi connectivity index (χ3n) is 6.78. The lowest BCUT2D eigenvalue weighted by Crippen LogP contribution is -2.52. The molecule has 4 rings (SSSR count). The van der Waals surface area contributed by atoms with Gasteiger partial charge in [-0.25, -0.2) is 4.79 Å². The Balaban J connectivity index is 1.27. The van der Waals surface area contributed by atoms with Crippen molar-refractivity contribution in [3.05, 3.63) is 59.7 Å². The van der Waals surface area contributed by atoms with Crippen molar-refractivity contribution < 1.29 is 24.2 Å². The van der Waals surface area contributed by atoms with Crippen LogP contribution in [0.15, 0.2) is 48.5 Å². The monoisotopic (exact) mass is 450 g/mol. The first-order chi connectivity index (χ1) is 15.9. The third-order valence-corrected chi connectivity index (χ3v) is 6.78. The summed E-state index contributed by atoms with van der Waals surface area (Å²) in [6.45, 7) is 4.32. The van der Waals surface area contributed by atoms with Crippen LogP contribution in [0, 0.1) is 5.92 Å². The molecular formula is C26H30N2O5. The molecule has 2 aliphatic carbocycles. The van der Waals surface area contributed by atoms with Gasteiger partial charge in [0.25, 0.3) is 0 Å². The van der Waals surface area contributed by atoms with Gasteiger partial charge in [-0.15, -0.1) is 0 Å². The molecule has 7 nitrogen and oxygen atoms in total. The number of nitrogens with one attached hydrogen (secondary N) is 1. The van der Waals surface area contributed by atoms with Crippen LogP contribution in [0.1, 0.15) is 50.2 Å². The number of aliphatic carboxylic acids is 1. The van der Waals surface area contributed by atoms with E-state index in [1.165, 1.54) is 11.1 Å². The fraction of sp³-hybridized carbons (Fsp3) is 0.423. The number of nitrogens with zero attached hydrogens (tertiary/aromatic N) is 1. The Kier molecular flexibility index (Phi) is 6.67. The fourth-order valence-electron chi connectivity index (χ4n) is 5.03. The molecule has 33 heavy (non-hydrogen) atoms. The van der Waals surface area contributed by atoms with Crippen LogP contribution >= 0.6 is 0 Å². The molecule has 1 atom stereocenters. The number of ether oxygens (including phenoxy) is 1. The van der Waals surface area contributed by atoms with E-state index in [2.05, 4.69) is 29.6 Å². The number of hydrogen-bond acceptors (Lipinski definition) is 4. The van der Waals surface area contributed by atoms with Crippen molar-refractivity contribution in [2.45, 2.75) is 51.1 Å². The number of amides is 2. The number of carbonyl (C=O) groups is 3. The molecule has 0 heterocycles. The van der Waals surface area contributed by atoms with Crippen molar-refractivity contribution in [2.24, 2.45) is 5.92 Å². The molecule has 0 saturated heterocycles. The van der Waals surface area contributed by atoms with Gasteiger partial charge in [-0.1, -0.05) is 48.5 Å². The van der Waals surface area contributed by atoms with Gasteiger partial charge in [0, 0.05) is 30.5 Å². The van der Waals surface area contributed by atoms with Crippen molar-refractivity contribution in [3.63, 3.8) is 0 Å². The molecule has 2 N–H and O–H groups in total. The van der Waals surface area contributed by atoms with Crippen LogP contribution in [0.2, 0.25) is 0 Å². The quantitative estimate of drug-likeness (QED) is 0.633. The Hall–Kier alpha value is -3.35. The number of hydrogen-bond donors (Lipinski definition) is 2. The van der Waals surface area contributed by atoms with Crippen LogP contribution in [0.3, 0.4) is 0 Å². The zero-order valence-corrected chi connectivity index (χ0v) is 19.0. The minimum absolute atomic E-state index is 0.00713. The van der Waals surface area contributed by atoms with E-state index in [0.29, 0.717) is 19.4 Å². The van der Waals surface area contributed by atoms with Gasteiger partial charge in [0.1, 0.15) is 6.61 Å². The van der Waals surface area contributed by atoms with Crippen LogP contribution in [0.25, 0.3) is 11.1 Å². The predicted octanol–water partition coefficient (Wildman–Crippen LogP) is 4.02. The molecule has 2 aliphatic rings. The van der Waals surface area contributed by atoms with Crippen molar-refractivity contribution in [1.82, 2.24) is 10.2 Å². The summed E-state index contributed by atoms with van der Waals surface area (Å²) in [5.41, 5.74) is 4.69. The number of rotatable bonds is 8. The van der Waals surface area contributed by atoms with E-state index in [1.54, 1.807) is 11.8 Å². The summed E-state index contributed by atoms with van der Waals surface area (Å²) in [4.78, 5) is 37.7. The van der Waals surface area contributed by atoms with Crippen molar-refractivity contribution in [1.29, 1.82) is 0 Å². The summed E-state index contributed by atoms with van der Waals surface area (Å²) in [6, 6.07) is 15.9. The lowest BCUT2D eigenvalue weighted by molar-refractivity contribution is -0.144. The number of carboxylic acids is 1. The summed E-state index contributed by atoms with van der Waals surface area (Å²) < 4.78 is 5.58. The topological polar surface area (TPSA) is 95.9 Å². The van der Waals surface area contributed by atoms with Crippen LogP contribution in [-0.4, -0.2) is 53.2 Å². The molecule has 2 amide bonds. The van der Waals surface area contributed by atoms with E-state index in [4.69, 9.17) is 9.84 Å². The van der Waals surface area contributed by atoms with E-state index >= 15 is 0 Å². The number of carboxylic acid groups (broad SMARTS) is 1. The Bertz CT molecular complexity index is 1000. The second kappa shape index (κ2) is 9.65. The molecule has 7 heteroatoms. The highest BCUT2D eigenvalue weighted by Crippen LogP contribution is 2.44. The van der Waals surface area contributed by atoms with Crippen LogP contribution in [-0.2, 0) is 14.3 Å². The SMILES string of the molecule is CCN(C(=O)C1CC(NC(=O)OCC2c3ccccc3-c3ccccc32)C1)C(C)CC(=O)O. The van der Waals surface area contributed by atoms with Crippen molar-refractivity contribution >= 4 is 18.0 Å². The normalized spacial score (nSPS) is 19.6. The van der Waals surface area contributed by atoms with Gasteiger partial charge < -0.3 is 20.1 Å². The zero-order chi connectivity index (χ0) is 23.5. The maximum Gasteiger partial charge on any atom is 0.407 e. The molecular weight excluding hydrogens is 420 g/mol. The Morgan fingerprint density at radius 1 is 1.06 bits per heavy atom. The maximum absolute atomic E-state index is 12.7. The number of alkyl carbamates (subject to hydrolysis) is 1. The second-order valence-corrected chi connectivity index (χ2v) is 8.91. The van der Waals surface area contributed by atoms with Crippen LogP contribution in [0.5, 0.6) is 0 Å². The van der Waals surface area contributed by atoms with Crippen LogP contribution < -0.4 is 5.32 Å². The Labute approximate surface area is 193 Å². The van der Waals surface area contributed by atoms with Gasteiger partial charge in [-0.2, -0.15) is 0 Å². The highest BCUT2D eigenvalue weighted by molar-refractivity contribution is 5.81. The van der Waals surface area contributed by atoms with Gasteiger partial charge in [0.15, 0.2) is 0 Å². The number of fused-ring (bicyclic) bond motifs is 3. The molecule has 1 unspecified atom stereocenters. The molecule has 174 valence electrons. The summed E-state index contributed by atoms with van der Waals surface area (Å²) >= 11 is 0. The fourth-order valence-corrected chi connectivity index (χ4v) is 5.03. The summed E-state index contributed by atoms with van der Waals surface area (Å²) in [5.74, 6) is -1.15. The first-order valence-electron chi connectivity index (χ1n) is 11.5. The van der Waals surface area contributed by atoms with Gasteiger partial charge in [-0.3, -0.25) is 9.59 Å². The van der Waals surface area contributed by atoms with Gasteiger partial charge >= 0.3 is 12.1 Å². The van der Waals surface area contributed by atoms with Crippen molar-refractivity contribution in [3.8, 4) is 11.1 Å². The third kappa shape index (κ3) is 4.72. The minimum Gasteiger partial charge on any atom is -0.481 e. The first-order valence-corrected chi connectivity index (χ1v) is 11.5. The lowest BCUT2D eigenvalue weighted by atomic mass is 9.79. The number of carbonyl (C=O) groups excluding carboxylic acids is 2. The molecule has 0 spiro atoms. The molecule has 0 aromatic heterocycles. The van der Waals surface area contributed by atoms with E-state index in [1.807, 2.05) is 31.2 Å². The second-order valence-electron chi connectivity index (χ2n) is 8.91. The molecule has 0 bridgehead atoms. The molecule has 2 aromatic carbocycles. The van der Waals surface area contributed by atoms with Gasteiger partial charge in [0.05, 0.1) is 6.42 Å². The summed E-state index contributed by atoms with van der Waals surface area (Å²) in [5, 5.41) is 11.9. The molecule has 0 radical (unpaired) electrons. The van der Waals surface area contributed by atoms with Gasteiger partial charge in [-0.05, 0) is 48.9 Å². The zero-order valence-electron chi connectivity index (χ0n) is 19.0. The molecule has 2 aromatic rings. The highest BCUT2D eigenvalue weighted by atomic mass is 16.5. The summed E-state index contributed by atoms with van der Waals surface area (Å²) in [6.07, 6.45) is 0.533. The average Bonchev–Trinajstić information content (AvgIpc) is 3.08. The summed E-state index contributed by atoms with van der Waals surface area (Å²) in [7, 11) is 0. The standard InChI is InChI=1S/C26H30N2O5/c1-3-28(16(2)12-24(29)30)25(31)17-13-18(14-17)27-26(32)33-15-23-21-10-6-4-8-19(21)20-9-5-7-11-22(20)23/h4-11,16-18,23H,3,12-15H2,1-2H3,(H,27,32)(H,29,30). The van der Waals surface area contributed by atoms with E-state index in [9.17, 15) is 14.4 Å². The highest BCUT2D eigenvalue weighted by Gasteiger charge is 2.39. The molecule has 1 fully saturated rings. The molecule has 1 saturated carbocycles.